The van der Waals surface area contributed by atoms with E-state index in [4.69, 9.17) is 4.74 Å². The molecule has 0 saturated carbocycles. The lowest BCUT2D eigenvalue weighted by Gasteiger charge is -2.10. The van der Waals surface area contributed by atoms with E-state index in [-0.39, 0.29) is 17.4 Å². The molecule has 0 bridgehead atoms. The van der Waals surface area contributed by atoms with Crippen molar-refractivity contribution in [2.24, 2.45) is 5.92 Å². The van der Waals surface area contributed by atoms with Crippen molar-refractivity contribution in [3.63, 3.8) is 0 Å². The number of nitrogens with one attached hydrogen (secondary N) is 1. The van der Waals surface area contributed by atoms with Crippen molar-refractivity contribution in [3.8, 4) is 11.6 Å². The van der Waals surface area contributed by atoms with Crippen LogP contribution in [-0.4, -0.2) is 21.4 Å². The Morgan fingerprint density at radius 1 is 1.15 bits per heavy atom. The van der Waals surface area contributed by atoms with Crippen molar-refractivity contribution in [1.82, 2.24) is 9.97 Å². The first-order valence-corrected chi connectivity index (χ1v) is 8.44. The highest BCUT2D eigenvalue weighted by Crippen LogP contribution is 2.34. The summed E-state index contributed by atoms with van der Waals surface area (Å²) in [5.74, 6) is 1.06. The molecule has 3 aromatic rings. The molecular weight excluding hydrogens is 332 g/mol. The van der Waals surface area contributed by atoms with Crippen LogP contribution in [0.4, 0.5) is 11.5 Å². The third-order valence-corrected chi connectivity index (χ3v) is 3.92. The van der Waals surface area contributed by atoms with Crippen LogP contribution in [0.1, 0.15) is 20.3 Å². The van der Waals surface area contributed by atoms with E-state index in [1.807, 2.05) is 36.4 Å². The molecule has 7 nitrogen and oxygen atoms in total. The van der Waals surface area contributed by atoms with E-state index in [1.54, 1.807) is 6.07 Å². The molecule has 0 radical (unpaired) electrons. The van der Waals surface area contributed by atoms with Crippen molar-refractivity contribution in [1.29, 1.82) is 0 Å². The van der Waals surface area contributed by atoms with Gasteiger partial charge in [-0.25, -0.2) is 4.98 Å². The average Bonchev–Trinajstić information content (AvgIpc) is 2.61. The number of benzene rings is 2. The molecule has 0 unspecified atom stereocenters. The van der Waals surface area contributed by atoms with Gasteiger partial charge in [0.05, 0.1) is 4.92 Å². The Balaban J connectivity index is 1.89. The lowest BCUT2D eigenvalue weighted by Crippen LogP contribution is -2.09. The number of nitro groups is 1. The van der Waals surface area contributed by atoms with Crippen LogP contribution >= 0.6 is 0 Å². The summed E-state index contributed by atoms with van der Waals surface area (Å²) in [6, 6.07) is 13.3. The van der Waals surface area contributed by atoms with Crippen molar-refractivity contribution >= 4 is 22.3 Å². The van der Waals surface area contributed by atoms with Crippen LogP contribution in [0.15, 0.2) is 48.8 Å². The van der Waals surface area contributed by atoms with Gasteiger partial charge >= 0.3 is 11.6 Å². The van der Waals surface area contributed by atoms with E-state index in [0.29, 0.717) is 18.2 Å². The van der Waals surface area contributed by atoms with E-state index in [1.165, 1.54) is 6.33 Å². The zero-order valence-corrected chi connectivity index (χ0v) is 14.7. The Bertz CT molecular complexity index is 928. The Morgan fingerprint density at radius 3 is 2.65 bits per heavy atom. The molecule has 26 heavy (non-hydrogen) atoms. The highest BCUT2D eigenvalue weighted by molar-refractivity contribution is 5.83. The van der Waals surface area contributed by atoms with Gasteiger partial charge in [0.25, 0.3) is 0 Å². The highest BCUT2D eigenvalue weighted by Gasteiger charge is 2.25. The molecule has 0 aliphatic heterocycles. The van der Waals surface area contributed by atoms with Crippen LogP contribution in [0.2, 0.25) is 0 Å². The fourth-order valence-electron chi connectivity index (χ4n) is 2.55. The fourth-order valence-corrected chi connectivity index (χ4v) is 2.55. The zero-order valence-electron chi connectivity index (χ0n) is 14.7. The van der Waals surface area contributed by atoms with Crippen molar-refractivity contribution in [2.45, 2.75) is 20.3 Å². The molecule has 7 heteroatoms. The summed E-state index contributed by atoms with van der Waals surface area (Å²) in [5.41, 5.74) is -0.260. The van der Waals surface area contributed by atoms with Crippen LogP contribution in [0.5, 0.6) is 11.6 Å². The summed E-state index contributed by atoms with van der Waals surface area (Å²) in [5, 5.41) is 16.6. The molecular formula is C19H20N4O3. The normalized spacial score (nSPS) is 10.9. The SMILES string of the molecule is CC(C)CCNc1ncnc(Oc2ccc3ccccc3c2)c1[N+](=O)[O-]. The van der Waals surface area contributed by atoms with Gasteiger partial charge in [0, 0.05) is 6.54 Å². The Morgan fingerprint density at radius 2 is 1.92 bits per heavy atom. The van der Waals surface area contributed by atoms with Crippen LogP contribution in [-0.2, 0) is 0 Å². The second-order valence-electron chi connectivity index (χ2n) is 6.35. The smallest absolute Gasteiger partial charge is 0.373 e. The maximum atomic E-state index is 11.5. The van der Waals surface area contributed by atoms with E-state index >= 15 is 0 Å². The summed E-state index contributed by atoms with van der Waals surface area (Å²) in [6.07, 6.45) is 2.14. The highest BCUT2D eigenvalue weighted by atomic mass is 16.6. The van der Waals surface area contributed by atoms with E-state index in [9.17, 15) is 10.1 Å². The van der Waals surface area contributed by atoms with Crippen LogP contribution in [0.25, 0.3) is 10.8 Å². The number of aromatic nitrogens is 2. The van der Waals surface area contributed by atoms with Gasteiger partial charge in [-0.3, -0.25) is 10.1 Å². The molecule has 0 aliphatic rings. The molecule has 2 aromatic carbocycles. The predicted octanol–water partition coefficient (Wildman–Crippen LogP) is 4.79. The fraction of sp³-hybridized carbons (Fsp3) is 0.263. The molecule has 0 fully saturated rings. The Labute approximate surface area is 151 Å². The maximum Gasteiger partial charge on any atom is 0.373 e. The lowest BCUT2D eigenvalue weighted by molar-refractivity contribution is -0.385. The summed E-state index contributed by atoms with van der Waals surface area (Å²) in [7, 11) is 0. The molecule has 134 valence electrons. The van der Waals surface area contributed by atoms with Crippen molar-refractivity contribution in [3.05, 3.63) is 58.9 Å². The molecule has 0 spiro atoms. The Kier molecular flexibility index (Phi) is 5.26. The first kappa shape index (κ1) is 17.6. The second-order valence-corrected chi connectivity index (χ2v) is 6.35. The first-order chi connectivity index (χ1) is 12.5. The molecule has 0 saturated heterocycles. The molecule has 0 aliphatic carbocycles. The molecule has 1 N–H and O–H groups in total. The number of anilines is 1. The molecule has 0 atom stereocenters. The number of hydrogen-bond acceptors (Lipinski definition) is 6. The Hall–Kier alpha value is -3.22. The summed E-state index contributed by atoms with van der Waals surface area (Å²) < 4.78 is 5.71. The number of fused-ring (bicyclic) bond motifs is 1. The van der Waals surface area contributed by atoms with Gasteiger partial charge in [-0.2, -0.15) is 4.98 Å². The van der Waals surface area contributed by atoms with Crippen LogP contribution in [0, 0.1) is 16.0 Å². The van der Waals surface area contributed by atoms with Crippen LogP contribution in [0.3, 0.4) is 0 Å². The number of nitrogens with zero attached hydrogens (tertiary/aromatic N) is 3. The topological polar surface area (TPSA) is 90.2 Å². The largest absolute Gasteiger partial charge is 0.434 e. The minimum atomic E-state index is -0.520. The van der Waals surface area contributed by atoms with Gasteiger partial charge in [0.15, 0.2) is 0 Å². The van der Waals surface area contributed by atoms with Gasteiger partial charge in [-0.05, 0) is 35.2 Å². The lowest BCUT2D eigenvalue weighted by atomic mass is 10.1. The van der Waals surface area contributed by atoms with Gasteiger partial charge < -0.3 is 10.1 Å². The summed E-state index contributed by atoms with van der Waals surface area (Å²) in [4.78, 5) is 19.0. The molecule has 0 amide bonds. The monoisotopic (exact) mass is 352 g/mol. The first-order valence-electron chi connectivity index (χ1n) is 8.44. The van der Waals surface area contributed by atoms with E-state index in [2.05, 4.69) is 29.1 Å². The van der Waals surface area contributed by atoms with Gasteiger partial charge in [0.1, 0.15) is 12.1 Å². The maximum absolute atomic E-state index is 11.5. The van der Waals surface area contributed by atoms with Crippen molar-refractivity contribution < 1.29 is 9.66 Å². The minimum absolute atomic E-state index is 0.0765. The quantitative estimate of drug-likeness (QED) is 0.486. The number of ether oxygens (including phenoxy) is 1. The zero-order chi connectivity index (χ0) is 18.5. The number of hydrogen-bond donors (Lipinski definition) is 1. The molecule has 1 aromatic heterocycles. The molecule has 1 heterocycles. The number of rotatable bonds is 7. The summed E-state index contributed by atoms with van der Waals surface area (Å²) in [6.45, 7) is 4.76. The average molecular weight is 352 g/mol. The minimum Gasteiger partial charge on any atom is -0.434 e. The van der Waals surface area contributed by atoms with Gasteiger partial charge in [0.2, 0.25) is 5.82 Å². The van der Waals surface area contributed by atoms with Crippen LogP contribution < -0.4 is 10.1 Å². The van der Waals surface area contributed by atoms with E-state index < -0.39 is 4.92 Å². The van der Waals surface area contributed by atoms with Gasteiger partial charge in [-0.15, -0.1) is 0 Å². The third kappa shape index (κ3) is 4.05. The second kappa shape index (κ2) is 7.77. The standard InChI is InChI=1S/C19H20N4O3/c1-13(2)9-10-20-18-17(23(24)25)19(22-12-21-18)26-16-8-7-14-5-3-4-6-15(14)11-16/h3-8,11-13H,9-10H2,1-2H3,(H,20,21,22). The van der Waals surface area contributed by atoms with Crippen molar-refractivity contribution in [2.75, 3.05) is 11.9 Å². The molecule has 3 rings (SSSR count). The van der Waals surface area contributed by atoms with Gasteiger partial charge in [-0.1, -0.05) is 44.2 Å². The third-order valence-electron chi connectivity index (χ3n) is 3.92. The summed E-state index contributed by atoms with van der Waals surface area (Å²) >= 11 is 0. The predicted molar refractivity (Wildman–Crippen MR) is 101 cm³/mol. The van der Waals surface area contributed by atoms with E-state index in [0.717, 1.165) is 17.2 Å².